The molecule has 0 aliphatic heterocycles. The van der Waals surface area contributed by atoms with Gasteiger partial charge >= 0.3 is 0 Å². The van der Waals surface area contributed by atoms with E-state index >= 15 is 0 Å². The van der Waals surface area contributed by atoms with Crippen LogP contribution in [0.25, 0.3) is 0 Å². The van der Waals surface area contributed by atoms with Gasteiger partial charge in [-0.2, -0.15) is 0 Å². The van der Waals surface area contributed by atoms with Gasteiger partial charge in [0.05, 0.1) is 0 Å². The zero-order valence-corrected chi connectivity index (χ0v) is 21.2. The van der Waals surface area contributed by atoms with Crippen LogP contribution in [0.4, 0.5) is 0 Å². The van der Waals surface area contributed by atoms with Crippen molar-refractivity contribution < 1.29 is 0 Å². The SMILES string of the molecule is Br.Br.c1ccc(CCNCCCCCCCCCNCCc2ccccc2)cc1. The average molecular weight is 528 g/mol. The zero-order chi connectivity index (χ0) is 18.8. The molecule has 0 saturated heterocycles. The van der Waals surface area contributed by atoms with Crippen molar-refractivity contribution in [2.75, 3.05) is 26.2 Å². The van der Waals surface area contributed by atoms with Crippen molar-refractivity contribution in [2.45, 2.75) is 57.8 Å². The van der Waals surface area contributed by atoms with Crippen molar-refractivity contribution >= 4 is 34.0 Å². The Labute approximate surface area is 199 Å². The first-order valence-corrected chi connectivity index (χ1v) is 10.9. The molecule has 0 aliphatic carbocycles. The molecule has 0 unspecified atom stereocenters. The number of hydrogen-bond donors (Lipinski definition) is 2. The van der Waals surface area contributed by atoms with Crippen LogP contribution in [-0.4, -0.2) is 26.2 Å². The van der Waals surface area contributed by atoms with Gasteiger partial charge in [0, 0.05) is 0 Å². The summed E-state index contributed by atoms with van der Waals surface area (Å²) in [7, 11) is 0. The van der Waals surface area contributed by atoms with Crippen molar-refractivity contribution in [2.24, 2.45) is 0 Å². The van der Waals surface area contributed by atoms with Crippen LogP contribution >= 0.6 is 34.0 Å². The fraction of sp³-hybridized carbons (Fsp3) is 0.520. The summed E-state index contributed by atoms with van der Waals surface area (Å²) in [6.45, 7) is 4.53. The van der Waals surface area contributed by atoms with Crippen LogP contribution in [0, 0.1) is 0 Å². The standard InChI is InChI=1S/C25H38N2.2BrH/c1(2-4-12-20-26-22-18-24-14-8-6-9-15-24)3-5-13-21-27-23-19-25-16-10-7-11-17-25;;/h6-11,14-17,26-27H,1-5,12-13,18-23H2;2*1H. The molecule has 0 fully saturated rings. The van der Waals surface area contributed by atoms with Gasteiger partial charge in [0.15, 0.2) is 0 Å². The van der Waals surface area contributed by atoms with E-state index in [-0.39, 0.29) is 34.0 Å². The summed E-state index contributed by atoms with van der Waals surface area (Å²) >= 11 is 0. The largest absolute Gasteiger partial charge is 0.316 e. The summed E-state index contributed by atoms with van der Waals surface area (Å²) in [5, 5.41) is 7.14. The van der Waals surface area contributed by atoms with Crippen molar-refractivity contribution in [3.63, 3.8) is 0 Å². The van der Waals surface area contributed by atoms with Gasteiger partial charge in [0.1, 0.15) is 0 Å². The van der Waals surface area contributed by atoms with Crippen LogP contribution in [0.3, 0.4) is 0 Å². The van der Waals surface area contributed by atoms with E-state index in [9.17, 15) is 0 Å². The molecule has 0 radical (unpaired) electrons. The first-order chi connectivity index (χ1) is 13.4. The first-order valence-electron chi connectivity index (χ1n) is 10.9. The molecule has 0 saturated carbocycles. The Morgan fingerprint density at radius 3 is 1.14 bits per heavy atom. The van der Waals surface area contributed by atoms with Gasteiger partial charge in [-0.05, 0) is 63.0 Å². The number of hydrogen-bond acceptors (Lipinski definition) is 2. The van der Waals surface area contributed by atoms with Gasteiger partial charge < -0.3 is 10.6 Å². The zero-order valence-electron chi connectivity index (χ0n) is 17.8. The lowest BCUT2D eigenvalue weighted by Crippen LogP contribution is -2.18. The Kier molecular flexibility index (Phi) is 20.1. The molecule has 2 rings (SSSR count). The first kappa shape index (κ1) is 28.3. The second-order valence-electron chi connectivity index (χ2n) is 7.45. The van der Waals surface area contributed by atoms with Crippen LogP contribution in [0.15, 0.2) is 60.7 Å². The maximum absolute atomic E-state index is 3.57. The topological polar surface area (TPSA) is 24.1 Å². The van der Waals surface area contributed by atoms with Gasteiger partial charge in [0.2, 0.25) is 0 Å². The van der Waals surface area contributed by atoms with Crippen molar-refractivity contribution in [3.8, 4) is 0 Å². The molecule has 164 valence electrons. The van der Waals surface area contributed by atoms with E-state index in [1.165, 1.54) is 56.1 Å². The Morgan fingerprint density at radius 2 is 0.759 bits per heavy atom. The maximum Gasteiger partial charge on any atom is -0.000835 e. The summed E-state index contributed by atoms with van der Waals surface area (Å²) in [4.78, 5) is 0. The van der Waals surface area contributed by atoms with Gasteiger partial charge in [-0.15, -0.1) is 34.0 Å². The van der Waals surface area contributed by atoms with Crippen LogP contribution in [0.2, 0.25) is 0 Å². The lowest BCUT2D eigenvalue weighted by Gasteiger charge is -2.06. The maximum atomic E-state index is 3.57. The van der Waals surface area contributed by atoms with E-state index in [0.29, 0.717) is 0 Å². The molecule has 0 heterocycles. The fourth-order valence-electron chi connectivity index (χ4n) is 3.39. The lowest BCUT2D eigenvalue weighted by atomic mass is 10.1. The van der Waals surface area contributed by atoms with Gasteiger partial charge in [0.25, 0.3) is 0 Å². The highest BCUT2D eigenvalue weighted by Gasteiger charge is 1.95. The number of rotatable bonds is 16. The molecule has 0 bridgehead atoms. The van der Waals surface area contributed by atoms with Gasteiger partial charge in [-0.3, -0.25) is 0 Å². The highest BCUT2D eigenvalue weighted by Crippen LogP contribution is 2.06. The summed E-state index contributed by atoms with van der Waals surface area (Å²) in [5.74, 6) is 0. The molecule has 0 aliphatic rings. The van der Waals surface area contributed by atoms with Crippen LogP contribution < -0.4 is 10.6 Å². The molecule has 4 heteroatoms. The average Bonchev–Trinajstić information content (AvgIpc) is 2.72. The number of unbranched alkanes of at least 4 members (excludes halogenated alkanes) is 6. The molecule has 2 aromatic rings. The molecule has 0 amide bonds. The minimum Gasteiger partial charge on any atom is -0.316 e. The van der Waals surface area contributed by atoms with Crippen molar-refractivity contribution in [3.05, 3.63) is 71.8 Å². The third-order valence-corrected chi connectivity index (χ3v) is 5.07. The number of halogens is 2. The second kappa shape index (κ2) is 20.6. The monoisotopic (exact) mass is 526 g/mol. The van der Waals surface area contributed by atoms with E-state index in [1.54, 1.807) is 0 Å². The highest BCUT2D eigenvalue weighted by molar-refractivity contribution is 8.93. The third kappa shape index (κ3) is 15.8. The van der Waals surface area contributed by atoms with Crippen LogP contribution in [0.5, 0.6) is 0 Å². The molecule has 2 N–H and O–H groups in total. The summed E-state index contributed by atoms with van der Waals surface area (Å²) < 4.78 is 0. The Balaban J connectivity index is 0.00000392. The fourth-order valence-corrected chi connectivity index (χ4v) is 3.39. The van der Waals surface area contributed by atoms with Crippen LogP contribution in [0.1, 0.15) is 56.1 Å². The second-order valence-corrected chi connectivity index (χ2v) is 7.45. The number of benzene rings is 2. The molecular weight excluding hydrogens is 488 g/mol. The van der Waals surface area contributed by atoms with Gasteiger partial charge in [-0.25, -0.2) is 0 Å². The summed E-state index contributed by atoms with van der Waals surface area (Å²) in [5.41, 5.74) is 2.86. The molecule has 2 nitrogen and oxygen atoms in total. The van der Waals surface area contributed by atoms with Crippen molar-refractivity contribution in [1.29, 1.82) is 0 Å². The lowest BCUT2D eigenvalue weighted by molar-refractivity contribution is 0.545. The van der Waals surface area contributed by atoms with Gasteiger partial charge in [-0.1, -0.05) is 92.8 Å². The van der Waals surface area contributed by atoms with E-state index in [0.717, 1.165) is 39.0 Å². The molecular formula is C25H40Br2N2. The molecule has 0 spiro atoms. The summed E-state index contributed by atoms with van der Waals surface area (Å²) in [6.07, 6.45) is 11.8. The minimum atomic E-state index is 0. The van der Waals surface area contributed by atoms with Crippen LogP contribution in [-0.2, 0) is 12.8 Å². The predicted octanol–water partition coefficient (Wildman–Crippen LogP) is 6.54. The molecule has 29 heavy (non-hydrogen) atoms. The van der Waals surface area contributed by atoms with Crippen molar-refractivity contribution in [1.82, 2.24) is 10.6 Å². The van der Waals surface area contributed by atoms with E-state index in [2.05, 4.69) is 71.3 Å². The predicted molar refractivity (Wildman–Crippen MR) is 139 cm³/mol. The smallest absolute Gasteiger partial charge is 0.000835 e. The van der Waals surface area contributed by atoms with E-state index < -0.39 is 0 Å². The molecule has 0 atom stereocenters. The van der Waals surface area contributed by atoms with E-state index in [4.69, 9.17) is 0 Å². The third-order valence-electron chi connectivity index (χ3n) is 5.07. The Morgan fingerprint density at radius 1 is 0.414 bits per heavy atom. The summed E-state index contributed by atoms with van der Waals surface area (Å²) in [6, 6.07) is 21.5. The molecule has 2 aromatic carbocycles. The Bertz CT molecular complexity index is 512. The highest BCUT2D eigenvalue weighted by atomic mass is 79.9. The molecule has 0 aromatic heterocycles. The quantitative estimate of drug-likeness (QED) is 0.242. The Hall–Kier alpha value is -0.680. The minimum absolute atomic E-state index is 0. The van der Waals surface area contributed by atoms with E-state index in [1.807, 2.05) is 0 Å². The number of nitrogens with one attached hydrogen (secondary N) is 2. The normalized spacial score (nSPS) is 10.2.